The van der Waals surface area contributed by atoms with E-state index in [1.54, 1.807) is 34.3 Å². The molecule has 0 amide bonds. The highest BCUT2D eigenvalue weighted by Crippen LogP contribution is 2.41. The third-order valence-corrected chi connectivity index (χ3v) is 6.04. The van der Waals surface area contributed by atoms with Gasteiger partial charge in [0, 0.05) is 11.5 Å². The van der Waals surface area contributed by atoms with Crippen molar-refractivity contribution in [2.24, 2.45) is 11.8 Å². The van der Waals surface area contributed by atoms with Crippen molar-refractivity contribution in [3.8, 4) is 17.2 Å². The van der Waals surface area contributed by atoms with Crippen molar-refractivity contribution in [3.05, 3.63) is 65.2 Å². The summed E-state index contributed by atoms with van der Waals surface area (Å²) in [6, 6.07) is 13.8. The maximum Gasteiger partial charge on any atom is 0.333 e. The molecule has 6 heteroatoms. The predicted octanol–water partition coefficient (Wildman–Crippen LogP) is 5.40. The van der Waals surface area contributed by atoms with Gasteiger partial charge in [0.1, 0.15) is 5.75 Å². The first-order valence-corrected chi connectivity index (χ1v) is 10.8. The average Bonchev–Trinajstić information content (AvgIpc) is 3.23. The Bertz CT molecular complexity index is 934. The maximum atomic E-state index is 12.3. The molecule has 0 N–H and O–H groups in total. The lowest BCUT2D eigenvalue weighted by Crippen LogP contribution is -2.24. The highest BCUT2D eigenvalue weighted by atomic mass is 16.5. The normalized spacial score (nSPS) is 20.0. The van der Waals surface area contributed by atoms with Crippen LogP contribution in [0, 0.1) is 11.8 Å². The SMILES string of the molecule is C.C/C=C(/C)C(=O)OC[C@H]1[C@@H](Cc2ccc(OC)c(OC)c2)CO[C@@H]1c1ccc(OC)cc1. The number of carbonyl (C=O) groups excluding carboxylic acids is 1. The molecule has 180 valence electrons. The van der Waals surface area contributed by atoms with Gasteiger partial charge in [0.25, 0.3) is 0 Å². The van der Waals surface area contributed by atoms with Gasteiger partial charge in [0.15, 0.2) is 11.5 Å². The van der Waals surface area contributed by atoms with Crippen LogP contribution in [0.3, 0.4) is 0 Å². The molecule has 33 heavy (non-hydrogen) atoms. The largest absolute Gasteiger partial charge is 0.497 e. The second-order valence-electron chi connectivity index (χ2n) is 7.91. The Balaban J connectivity index is 0.00000385. The molecule has 0 aliphatic carbocycles. The van der Waals surface area contributed by atoms with Crippen LogP contribution in [0.1, 0.15) is 38.5 Å². The molecule has 3 atom stereocenters. The van der Waals surface area contributed by atoms with E-state index in [0.29, 0.717) is 30.3 Å². The fourth-order valence-electron chi connectivity index (χ4n) is 4.01. The summed E-state index contributed by atoms with van der Waals surface area (Å²) in [6.45, 7) is 4.46. The van der Waals surface area contributed by atoms with Gasteiger partial charge in [0.05, 0.1) is 40.6 Å². The molecular formula is C27H36O6. The fourth-order valence-corrected chi connectivity index (χ4v) is 4.01. The third-order valence-electron chi connectivity index (χ3n) is 6.04. The van der Waals surface area contributed by atoms with E-state index < -0.39 is 0 Å². The standard InChI is InChI=1S/C26H32O6.CH4/c1-6-17(2)26(27)32-16-22-20(13-18-7-12-23(29-4)24(14-18)30-5)15-31-25(22)19-8-10-21(28-3)11-9-19;/h6-12,14,20,22,25H,13,15-16H2,1-5H3;1H4/b17-6-;/t20-,22-,25+;/m0./s1. The first-order valence-electron chi connectivity index (χ1n) is 10.8. The Morgan fingerprint density at radius 1 is 1.03 bits per heavy atom. The summed E-state index contributed by atoms with van der Waals surface area (Å²) in [4.78, 5) is 12.3. The zero-order chi connectivity index (χ0) is 23.1. The number of hydrogen-bond acceptors (Lipinski definition) is 6. The highest BCUT2D eigenvalue weighted by molar-refractivity contribution is 5.87. The molecule has 6 nitrogen and oxygen atoms in total. The topological polar surface area (TPSA) is 63.2 Å². The number of ether oxygens (including phenoxy) is 5. The van der Waals surface area contributed by atoms with Crippen LogP contribution >= 0.6 is 0 Å². The van der Waals surface area contributed by atoms with Crippen molar-refractivity contribution in [2.45, 2.75) is 33.8 Å². The fraction of sp³-hybridized carbons (Fsp3) is 0.444. The van der Waals surface area contributed by atoms with Gasteiger partial charge < -0.3 is 23.7 Å². The minimum absolute atomic E-state index is 0. The lowest BCUT2D eigenvalue weighted by molar-refractivity contribution is -0.141. The summed E-state index contributed by atoms with van der Waals surface area (Å²) in [7, 11) is 4.90. The predicted molar refractivity (Wildman–Crippen MR) is 129 cm³/mol. The zero-order valence-corrected chi connectivity index (χ0v) is 19.4. The maximum absolute atomic E-state index is 12.3. The van der Waals surface area contributed by atoms with E-state index in [1.807, 2.05) is 49.4 Å². The van der Waals surface area contributed by atoms with Crippen LogP contribution in [-0.4, -0.2) is 40.5 Å². The van der Waals surface area contributed by atoms with Crippen molar-refractivity contribution in [1.29, 1.82) is 0 Å². The first-order chi connectivity index (χ1) is 15.5. The van der Waals surface area contributed by atoms with Crippen molar-refractivity contribution in [3.63, 3.8) is 0 Å². The first kappa shape index (κ1) is 26.3. The molecule has 1 fully saturated rings. The number of benzene rings is 2. The Kier molecular flexibility index (Phi) is 9.79. The molecule has 0 unspecified atom stereocenters. The minimum atomic E-state index is -0.294. The molecule has 0 bridgehead atoms. The molecule has 0 aromatic heterocycles. The van der Waals surface area contributed by atoms with Crippen molar-refractivity contribution < 1.29 is 28.5 Å². The smallest absolute Gasteiger partial charge is 0.333 e. The summed E-state index contributed by atoms with van der Waals surface area (Å²) < 4.78 is 28.0. The highest BCUT2D eigenvalue weighted by Gasteiger charge is 2.39. The van der Waals surface area contributed by atoms with E-state index in [4.69, 9.17) is 23.7 Å². The van der Waals surface area contributed by atoms with E-state index in [2.05, 4.69) is 0 Å². The Morgan fingerprint density at radius 2 is 1.73 bits per heavy atom. The molecule has 1 heterocycles. The number of esters is 1. The second kappa shape index (κ2) is 12.3. The van der Waals surface area contributed by atoms with E-state index in [-0.39, 0.29) is 31.3 Å². The van der Waals surface area contributed by atoms with Crippen LogP contribution in [0.2, 0.25) is 0 Å². The van der Waals surface area contributed by atoms with Gasteiger partial charge >= 0.3 is 5.97 Å². The summed E-state index contributed by atoms with van der Waals surface area (Å²) >= 11 is 0. The Labute approximate surface area is 197 Å². The van der Waals surface area contributed by atoms with E-state index in [0.717, 1.165) is 23.3 Å². The molecule has 0 radical (unpaired) electrons. The lowest BCUT2D eigenvalue weighted by Gasteiger charge is -2.23. The molecule has 0 spiro atoms. The second-order valence-corrected chi connectivity index (χ2v) is 7.91. The number of allylic oxidation sites excluding steroid dienone is 1. The molecule has 2 aromatic carbocycles. The lowest BCUT2D eigenvalue weighted by atomic mass is 9.84. The molecule has 0 saturated carbocycles. The molecule has 1 saturated heterocycles. The van der Waals surface area contributed by atoms with Crippen LogP contribution in [0.25, 0.3) is 0 Å². The monoisotopic (exact) mass is 456 g/mol. The van der Waals surface area contributed by atoms with Crippen LogP contribution in [0.5, 0.6) is 17.2 Å². The van der Waals surface area contributed by atoms with Crippen LogP contribution in [0.15, 0.2) is 54.1 Å². The van der Waals surface area contributed by atoms with Crippen LogP contribution < -0.4 is 14.2 Å². The van der Waals surface area contributed by atoms with Gasteiger partial charge in [-0.3, -0.25) is 0 Å². The van der Waals surface area contributed by atoms with Crippen LogP contribution in [0.4, 0.5) is 0 Å². The molecule has 1 aliphatic heterocycles. The Hall–Kier alpha value is -2.99. The number of carbonyl (C=O) groups is 1. The molecule has 3 rings (SSSR count). The molecular weight excluding hydrogens is 420 g/mol. The quantitative estimate of drug-likeness (QED) is 0.372. The van der Waals surface area contributed by atoms with Crippen LogP contribution in [-0.2, 0) is 20.7 Å². The minimum Gasteiger partial charge on any atom is -0.497 e. The summed E-state index contributed by atoms with van der Waals surface area (Å²) in [5, 5.41) is 0. The summed E-state index contributed by atoms with van der Waals surface area (Å²) in [6.07, 6.45) is 2.37. The van der Waals surface area contributed by atoms with E-state index >= 15 is 0 Å². The van der Waals surface area contributed by atoms with E-state index in [1.165, 1.54) is 0 Å². The molecule has 1 aliphatic rings. The molecule has 2 aromatic rings. The van der Waals surface area contributed by atoms with Gasteiger partial charge in [0.2, 0.25) is 0 Å². The zero-order valence-electron chi connectivity index (χ0n) is 19.4. The number of methoxy groups -OCH3 is 3. The third kappa shape index (κ3) is 6.29. The van der Waals surface area contributed by atoms with Gasteiger partial charge in [-0.15, -0.1) is 0 Å². The van der Waals surface area contributed by atoms with Crippen molar-refractivity contribution in [2.75, 3.05) is 34.5 Å². The van der Waals surface area contributed by atoms with E-state index in [9.17, 15) is 4.79 Å². The van der Waals surface area contributed by atoms with Crippen molar-refractivity contribution >= 4 is 5.97 Å². The van der Waals surface area contributed by atoms with Gasteiger partial charge in [-0.25, -0.2) is 4.79 Å². The summed E-state index contributed by atoms with van der Waals surface area (Å²) in [5.41, 5.74) is 2.76. The van der Waals surface area contributed by atoms with Gasteiger partial charge in [-0.2, -0.15) is 0 Å². The van der Waals surface area contributed by atoms with Crippen molar-refractivity contribution in [1.82, 2.24) is 0 Å². The summed E-state index contributed by atoms with van der Waals surface area (Å²) in [5.74, 6) is 2.09. The Morgan fingerprint density at radius 3 is 2.33 bits per heavy atom. The van der Waals surface area contributed by atoms with Gasteiger partial charge in [-0.1, -0.05) is 31.7 Å². The van der Waals surface area contributed by atoms with Gasteiger partial charge in [-0.05, 0) is 61.6 Å². The average molecular weight is 457 g/mol. The number of rotatable bonds is 9. The number of hydrogen-bond donors (Lipinski definition) is 0.